The molecule has 6 rings (SSSR count). The summed E-state index contributed by atoms with van der Waals surface area (Å²) in [5, 5.41) is 0. The number of rotatable bonds is 4. The van der Waals surface area contributed by atoms with Crippen LogP contribution in [0.4, 0.5) is 0 Å². The maximum absolute atomic E-state index is 7.28. The summed E-state index contributed by atoms with van der Waals surface area (Å²) in [6, 6.07) is 9.19. The highest BCUT2D eigenvalue weighted by Gasteiger charge is 2.70. The molecule has 0 heterocycles. The van der Waals surface area contributed by atoms with E-state index in [1.54, 1.807) is 12.7 Å². The molecule has 39 heavy (non-hydrogen) atoms. The smallest absolute Gasteiger partial charge is 0.0713 e. The molecule has 2 N–H and O–H groups in total. The lowest BCUT2D eigenvalue weighted by atomic mass is 9.33. The molecule has 0 saturated heterocycles. The van der Waals surface area contributed by atoms with Gasteiger partial charge in [0.1, 0.15) is 0 Å². The monoisotopic (exact) mass is 529 g/mol. The van der Waals surface area contributed by atoms with Crippen LogP contribution in [0.5, 0.6) is 0 Å². The van der Waals surface area contributed by atoms with E-state index >= 15 is 0 Å². The van der Waals surface area contributed by atoms with E-state index in [1.165, 1.54) is 74.5 Å². The van der Waals surface area contributed by atoms with Gasteiger partial charge in [0, 0.05) is 12.6 Å². The third kappa shape index (κ3) is 3.72. The predicted octanol–water partition coefficient (Wildman–Crippen LogP) is 9.20. The lowest BCUT2D eigenvalue weighted by Gasteiger charge is -2.72. The number of fused-ring (bicyclic) bond motifs is 7. The average Bonchev–Trinajstić information content (AvgIpc) is 3.23. The summed E-state index contributed by atoms with van der Waals surface area (Å²) in [4.78, 5) is 0. The van der Waals surface area contributed by atoms with Crippen LogP contribution in [0, 0.1) is 51.2 Å². The van der Waals surface area contributed by atoms with Gasteiger partial charge in [-0.1, -0.05) is 77.1 Å². The standard InChI is InChI=1S/C37H55NO/c1-24(2)27-15-20-37(38)22-21-35(6)29(32(27)37)13-14-31-34(5)18-16-28(26-11-9-25(10-12-26)23-39-8)33(3,4)30(34)17-19-36(31,35)7/h9-12,16,27,29-32H,1,13-15,17-23,38H2,2-8H3. The first-order valence-corrected chi connectivity index (χ1v) is 16.0. The first-order valence-electron chi connectivity index (χ1n) is 16.0. The highest BCUT2D eigenvalue weighted by molar-refractivity contribution is 5.71. The largest absolute Gasteiger partial charge is 0.380 e. The van der Waals surface area contributed by atoms with Crippen molar-refractivity contribution in [2.75, 3.05) is 7.11 Å². The zero-order valence-corrected chi connectivity index (χ0v) is 26.0. The molecule has 4 saturated carbocycles. The lowest BCUT2D eigenvalue weighted by molar-refractivity contribution is -0.217. The Labute approximate surface area is 239 Å². The Kier molecular flexibility index (Phi) is 6.45. The van der Waals surface area contributed by atoms with Crippen LogP contribution in [0.2, 0.25) is 0 Å². The van der Waals surface area contributed by atoms with Gasteiger partial charge in [0.05, 0.1) is 6.61 Å². The van der Waals surface area contributed by atoms with E-state index in [2.05, 4.69) is 78.5 Å². The summed E-state index contributed by atoms with van der Waals surface area (Å²) in [5.41, 5.74) is 14.2. The topological polar surface area (TPSA) is 35.2 Å². The first-order chi connectivity index (χ1) is 18.3. The number of hydrogen-bond acceptors (Lipinski definition) is 2. The minimum absolute atomic E-state index is 0.0430. The Bertz CT molecular complexity index is 1160. The van der Waals surface area contributed by atoms with Crippen molar-refractivity contribution >= 4 is 5.57 Å². The summed E-state index contributed by atoms with van der Waals surface area (Å²) >= 11 is 0. The van der Waals surface area contributed by atoms with Crippen molar-refractivity contribution in [3.8, 4) is 0 Å². The van der Waals surface area contributed by atoms with E-state index in [0.717, 1.165) is 11.8 Å². The zero-order chi connectivity index (χ0) is 28.0. The molecular formula is C37H55NO. The normalized spacial score (nSPS) is 46.4. The summed E-state index contributed by atoms with van der Waals surface area (Å²) < 4.78 is 5.36. The van der Waals surface area contributed by atoms with E-state index in [-0.39, 0.29) is 11.0 Å². The van der Waals surface area contributed by atoms with Gasteiger partial charge in [0.15, 0.2) is 0 Å². The van der Waals surface area contributed by atoms with Gasteiger partial charge in [-0.3, -0.25) is 0 Å². The first kappa shape index (κ1) is 27.8. The van der Waals surface area contributed by atoms with Crippen LogP contribution in [0.1, 0.15) is 110 Å². The summed E-state index contributed by atoms with van der Waals surface area (Å²) in [6.07, 6.45) is 14.3. The fourth-order valence-electron chi connectivity index (χ4n) is 12.3. The molecule has 214 valence electrons. The van der Waals surface area contributed by atoms with Crippen LogP contribution in [-0.2, 0) is 11.3 Å². The Hall–Kier alpha value is -1.38. The van der Waals surface area contributed by atoms with Gasteiger partial charge in [0.2, 0.25) is 0 Å². The molecule has 0 aliphatic heterocycles. The maximum atomic E-state index is 7.28. The lowest BCUT2D eigenvalue weighted by Crippen LogP contribution is -2.67. The molecule has 2 heteroatoms. The minimum atomic E-state index is 0.0430. The van der Waals surface area contributed by atoms with Gasteiger partial charge in [0.25, 0.3) is 0 Å². The number of methoxy groups -OCH3 is 1. The molecule has 1 aromatic carbocycles. The van der Waals surface area contributed by atoms with Gasteiger partial charge in [-0.15, -0.1) is 0 Å². The molecule has 2 nitrogen and oxygen atoms in total. The van der Waals surface area contributed by atoms with E-state index in [4.69, 9.17) is 10.5 Å². The Morgan fingerprint density at radius 3 is 2.28 bits per heavy atom. The van der Waals surface area contributed by atoms with Crippen LogP contribution in [0.25, 0.3) is 5.57 Å². The van der Waals surface area contributed by atoms with E-state index in [1.807, 2.05) is 0 Å². The molecule has 0 spiro atoms. The van der Waals surface area contributed by atoms with Crippen LogP contribution in [-0.4, -0.2) is 12.6 Å². The summed E-state index contributed by atoms with van der Waals surface area (Å²) in [5.74, 6) is 3.50. The number of ether oxygens (including phenoxy) is 1. The average molecular weight is 530 g/mol. The fraction of sp³-hybridized carbons (Fsp3) is 0.730. The molecule has 4 fully saturated rings. The molecule has 5 aliphatic carbocycles. The summed E-state index contributed by atoms with van der Waals surface area (Å²) in [7, 11) is 1.78. The van der Waals surface area contributed by atoms with Crippen molar-refractivity contribution in [3.05, 3.63) is 53.6 Å². The van der Waals surface area contributed by atoms with E-state index in [9.17, 15) is 0 Å². The van der Waals surface area contributed by atoms with Gasteiger partial charge in [-0.2, -0.15) is 0 Å². The van der Waals surface area contributed by atoms with Crippen molar-refractivity contribution in [1.82, 2.24) is 0 Å². The predicted molar refractivity (Wildman–Crippen MR) is 164 cm³/mol. The Balaban J connectivity index is 1.35. The molecule has 0 amide bonds. The van der Waals surface area contributed by atoms with E-state index in [0.29, 0.717) is 40.6 Å². The number of benzene rings is 1. The molecular weight excluding hydrogens is 474 g/mol. The van der Waals surface area contributed by atoms with Gasteiger partial charge >= 0.3 is 0 Å². The molecule has 9 atom stereocenters. The highest BCUT2D eigenvalue weighted by Crippen LogP contribution is 2.76. The number of hydrogen-bond donors (Lipinski definition) is 1. The van der Waals surface area contributed by atoms with Crippen molar-refractivity contribution in [2.45, 2.75) is 111 Å². The Morgan fingerprint density at radius 2 is 1.62 bits per heavy atom. The van der Waals surface area contributed by atoms with Crippen LogP contribution in [0.3, 0.4) is 0 Å². The van der Waals surface area contributed by atoms with Gasteiger partial charge < -0.3 is 10.5 Å². The second-order valence-electron chi connectivity index (χ2n) is 16.1. The molecule has 0 aromatic heterocycles. The van der Waals surface area contributed by atoms with Crippen LogP contribution < -0.4 is 5.73 Å². The highest BCUT2D eigenvalue weighted by atomic mass is 16.5. The third-order valence-electron chi connectivity index (χ3n) is 14.3. The minimum Gasteiger partial charge on any atom is -0.380 e. The Morgan fingerprint density at radius 1 is 0.897 bits per heavy atom. The molecule has 9 unspecified atom stereocenters. The maximum Gasteiger partial charge on any atom is 0.0713 e. The fourth-order valence-corrected chi connectivity index (χ4v) is 12.3. The SMILES string of the molecule is C=C(C)C1CCC2(N)CCC3(C)C(CCC4C5(C)CC=C(c6ccc(COC)cc6)C(C)(C)C5CCC43C)C12. The van der Waals surface area contributed by atoms with Crippen molar-refractivity contribution in [3.63, 3.8) is 0 Å². The van der Waals surface area contributed by atoms with E-state index < -0.39 is 0 Å². The van der Waals surface area contributed by atoms with Crippen molar-refractivity contribution in [1.29, 1.82) is 0 Å². The molecule has 1 aromatic rings. The molecule has 0 bridgehead atoms. The second-order valence-corrected chi connectivity index (χ2v) is 16.1. The quantitative estimate of drug-likeness (QED) is 0.395. The second kappa shape index (κ2) is 9.06. The number of allylic oxidation sites excluding steroid dienone is 3. The molecule has 5 aliphatic rings. The van der Waals surface area contributed by atoms with Gasteiger partial charge in [-0.25, -0.2) is 0 Å². The number of nitrogens with two attached hydrogens (primary N) is 1. The van der Waals surface area contributed by atoms with Crippen LogP contribution in [0.15, 0.2) is 42.5 Å². The zero-order valence-electron chi connectivity index (χ0n) is 26.0. The van der Waals surface area contributed by atoms with Crippen molar-refractivity contribution in [2.24, 2.45) is 57.0 Å². The van der Waals surface area contributed by atoms with Crippen molar-refractivity contribution < 1.29 is 4.74 Å². The molecule has 0 radical (unpaired) electrons. The third-order valence-corrected chi connectivity index (χ3v) is 14.3. The van der Waals surface area contributed by atoms with Gasteiger partial charge in [-0.05, 0) is 133 Å². The summed E-state index contributed by atoms with van der Waals surface area (Å²) in [6.45, 7) is 20.7. The van der Waals surface area contributed by atoms with Crippen LogP contribution >= 0.6 is 0 Å².